The molecule has 0 unspecified atom stereocenters. The minimum absolute atomic E-state index is 0.0127. The predicted molar refractivity (Wildman–Crippen MR) is 90.5 cm³/mol. The van der Waals surface area contributed by atoms with Crippen molar-refractivity contribution in [3.8, 4) is 0 Å². The number of carbonyl (C=O) groups excluding carboxylic acids is 3. The SMILES string of the molecule is C[C@@H]1CCC[C@@H](C)N1C(=O)CN1C(=O)CN(c2ccccc2)C1=O. The molecule has 6 heteroatoms. The van der Waals surface area contributed by atoms with E-state index in [4.69, 9.17) is 0 Å². The molecule has 2 heterocycles. The second-order valence-electron chi connectivity index (χ2n) is 6.61. The summed E-state index contributed by atoms with van der Waals surface area (Å²) in [6, 6.07) is 8.94. The van der Waals surface area contributed by atoms with Crippen LogP contribution in [0.4, 0.5) is 10.5 Å². The van der Waals surface area contributed by atoms with Crippen LogP contribution < -0.4 is 4.90 Å². The summed E-state index contributed by atoms with van der Waals surface area (Å²) in [7, 11) is 0. The maximum Gasteiger partial charge on any atom is 0.332 e. The number of para-hydroxylation sites is 1. The molecule has 24 heavy (non-hydrogen) atoms. The number of rotatable bonds is 3. The van der Waals surface area contributed by atoms with Gasteiger partial charge in [0.15, 0.2) is 0 Å². The minimum Gasteiger partial charge on any atom is -0.336 e. The highest BCUT2D eigenvalue weighted by atomic mass is 16.2. The summed E-state index contributed by atoms with van der Waals surface area (Å²) in [4.78, 5) is 41.8. The maximum absolute atomic E-state index is 12.7. The standard InChI is InChI=1S/C18H23N3O3/c1-13-7-6-8-14(2)21(13)17(23)12-20-16(22)11-19(18(20)24)15-9-4-3-5-10-15/h3-5,9-10,13-14H,6-8,11-12H2,1-2H3/t13-,14-/m1/s1. The van der Waals surface area contributed by atoms with Gasteiger partial charge in [0.1, 0.15) is 13.1 Å². The summed E-state index contributed by atoms with van der Waals surface area (Å²) in [5.74, 6) is -0.471. The van der Waals surface area contributed by atoms with Crippen molar-refractivity contribution in [2.75, 3.05) is 18.0 Å². The van der Waals surface area contributed by atoms with Crippen molar-refractivity contribution in [2.24, 2.45) is 0 Å². The van der Waals surface area contributed by atoms with E-state index >= 15 is 0 Å². The van der Waals surface area contributed by atoms with Crippen LogP contribution >= 0.6 is 0 Å². The number of nitrogens with zero attached hydrogens (tertiary/aromatic N) is 3. The third-order valence-corrected chi connectivity index (χ3v) is 4.90. The van der Waals surface area contributed by atoms with Crippen molar-refractivity contribution in [3.05, 3.63) is 30.3 Å². The average molecular weight is 329 g/mol. The first-order valence-corrected chi connectivity index (χ1v) is 8.47. The summed E-state index contributed by atoms with van der Waals surface area (Å²) in [5, 5.41) is 0. The molecule has 1 aromatic rings. The molecule has 0 aromatic heterocycles. The Morgan fingerprint density at radius 3 is 2.33 bits per heavy atom. The zero-order chi connectivity index (χ0) is 17.3. The van der Waals surface area contributed by atoms with E-state index in [1.165, 1.54) is 4.90 Å². The Bertz CT molecular complexity index is 636. The van der Waals surface area contributed by atoms with Gasteiger partial charge in [0.2, 0.25) is 5.91 Å². The summed E-state index contributed by atoms with van der Waals surface area (Å²) in [6.07, 6.45) is 3.04. The van der Waals surface area contributed by atoms with Gasteiger partial charge in [-0.15, -0.1) is 0 Å². The van der Waals surface area contributed by atoms with Gasteiger partial charge in [-0.1, -0.05) is 18.2 Å². The van der Waals surface area contributed by atoms with Gasteiger partial charge in [-0.25, -0.2) is 4.79 Å². The van der Waals surface area contributed by atoms with E-state index in [0.29, 0.717) is 5.69 Å². The van der Waals surface area contributed by atoms with Crippen LogP contribution in [0, 0.1) is 0 Å². The number of carbonyl (C=O) groups is 3. The third kappa shape index (κ3) is 3.00. The summed E-state index contributed by atoms with van der Waals surface area (Å²) in [6.45, 7) is 3.87. The molecule has 1 aromatic carbocycles. The van der Waals surface area contributed by atoms with Crippen molar-refractivity contribution in [3.63, 3.8) is 0 Å². The molecule has 2 aliphatic heterocycles. The minimum atomic E-state index is -0.420. The van der Waals surface area contributed by atoms with E-state index < -0.39 is 6.03 Å². The summed E-state index contributed by atoms with van der Waals surface area (Å²) in [5.41, 5.74) is 0.672. The number of hydrogen-bond acceptors (Lipinski definition) is 3. The van der Waals surface area contributed by atoms with Crippen LogP contribution in [0.3, 0.4) is 0 Å². The van der Waals surface area contributed by atoms with Crippen LogP contribution in [0.15, 0.2) is 30.3 Å². The largest absolute Gasteiger partial charge is 0.336 e. The Labute approximate surface area is 142 Å². The van der Waals surface area contributed by atoms with Crippen molar-refractivity contribution in [2.45, 2.75) is 45.2 Å². The van der Waals surface area contributed by atoms with Gasteiger partial charge in [-0.05, 0) is 45.2 Å². The normalized spacial score (nSPS) is 24.7. The Morgan fingerprint density at radius 1 is 1.08 bits per heavy atom. The summed E-state index contributed by atoms with van der Waals surface area (Å²) >= 11 is 0. The molecule has 0 spiro atoms. The molecule has 128 valence electrons. The summed E-state index contributed by atoms with van der Waals surface area (Å²) < 4.78 is 0. The van der Waals surface area contributed by atoms with E-state index in [1.54, 1.807) is 12.1 Å². The number of hydrogen-bond donors (Lipinski definition) is 0. The second-order valence-corrected chi connectivity index (χ2v) is 6.61. The first-order chi connectivity index (χ1) is 11.5. The van der Waals surface area contributed by atoms with Crippen molar-refractivity contribution in [1.29, 1.82) is 0 Å². The molecule has 4 amide bonds. The molecule has 3 rings (SSSR count). The fourth-order valence-corrected chi connectivity index (χ4v) is 3.64. The Kier molecular flexibility index (Phi) is 4.55. The molecule has 0 bridgehead atoms. The number of likely N-dealkylation sites (tertiary alicyclic amines) is 1. The van der Waals surface area contributed by atoms with Crippen LogP contribution in [0.1, 0.15) is 33.1 Å². The first kappa shape index (κ1) is 16.5. The van der Waals surface area contributed by atoms with E-state index in [2.05, 4.69) is 0 Å². The molecular weight excluding hydrogens is 306 g/mol. The molecule has 0 saturated carbocycles. The fourth-order valence-electron chi connectivity index (χ4n) is 3.64. The highest BCUT2D eigenvalue weighted by Crippen LogP contribution is 2.24. The van der Waals surface area contributed by atoms with Gasteiger partial charge in [-0.3, -0.25) is 19.4 Å². The number of imide groups is 1. The number of benzene rings is 1. The highest BCUT2D eigenvalue weighted by molar-refractivity contribution is 6.13. The molecule has 0 aliphatic carbocycles. The molecule has 0 N–H and O–H groups in total. The van der Waals surface area contributed by atoms with Gasteiger partial charge in [-0.2, -0.15) is 0 Å². The molecular formula is C18H23N3O3. The Hall–Kier alpha value is -2.37. The number of urea groups is 1. The van der Waals surface area contributed by atoms with Crippen molar-refractivity contribution >= 4 is 23.5 Å². The number of piperidine rings is 1. The van der Waals surface area contributed by atoms with Crippen LogP contribution in [0.25, 0.3) is 0 Å². The fraction of sp³-hybridized carbons (Fsp3) is 0.500. The van der Waals surface area contributed by atoms with Crippen molar-refractivity contribution < 1.29 is 14.4 Å². The molecule has 2 saturated heterocycles. The van der Waals surface area contributed by atoms with Crippen LogP contribution in [0.5, 0.6) is 0 Å². The Morgan fingerprint density at radius 2 is 1.71 bits per heavy atom. The van der Waals surface area contributed by atoms with E-state index in [0.717, 1.165) is 24.2 Å². The first-order valence-electron chi connectivity index (χ1n) is 8.47. The topological polar surface area (TPSA) is 60.9 Å². The number of anilines is 1. The van der Waals surface area contributed by atoms with Gasteiger partial charge in [0.05, 0.1) is 0 Å². The van der Waals surface area contributed by atoms with E-state index in [1.807, 2.05) is 36.9 Å². The lowest BCUT2D eigenvalue weighted by molar-refractivity contribution is -0.141. The van der Waals surface area contributed by atoms with Gasteiger partial charge >= 0.3 is 6.03 Å². The monoisotopic (exact) mass is 329 g/mol. The van der Waals surface area contributed by atoms with Crippen LogP contribution in [-0.2, 0) is 9.59 Å². The molecule has 2 aliphatic rings. The smallest absolute Gasteiger partial charge is 0.332 e. The average Bonchev–Trinajstić information content (AvgIpc) is 2.84. The van der Waals surface area contributed by atoms with Crippen molar-refractivity contribution in [1.82, 2.24) is 9.80 Å². The third-order valence-electron chi connectivity index (χ3n) is 4.90. The molecule has 2 atom stereocenters. The highest BCUT2D eigenvalue weighted by Gasteiger charge is 2.40. The predicted octanol–water partition coefficient (Wildman–Crippen LogP) is 2.24. The lowest BCUT2D eigenvalue weighted by atomic mass is 9.97. The lowest BCUT2D eigenvalue weighted by Gasteiger charge is -2.39. The zero-order valence-electron chi connectivity index (χ0n) is 14.1. The maximum atomic E-state index is 12.7. The zero-order valence-corrected chi connectivity index (χ0v) is 14.1. The number of amides is 4. The molecule has 6 nitrogen and oxygen atoms in total. The Balaban J connectivity index is 1.72. The second kappa shape index (κ2) is 6.63. The van der Waals surface area contributed by atoms with Crippen LogP contribution in [-0.4, -0.2) is 52.8 Å². The van der Waals surface area contributed by atoms with Gasteiger partial charge < -0.3 is 4.90 Å². The van der Waals surface area contributed by atoms with Gasteiger partial charge in [0, 0.05) is 17.8 Å². The van der Waals surface area contributed by atoms with Crippen LogP contribution in [0.2, 0.25) is 0 Å². The molecule has 0 radical (unpaired) electrons. The quantitative estimate of drug-likeness (QED) is 0.799. The van der Waals surface area contributed by atoms with E-state index in [-0.39, 0.29) is 37.0 Å². The lowest BCUT2D eigenvalue weighted by Crippen LogP contribution is -2.52. The van der Waals surface area contributed by atoms with E-state index in [9.17, 15) is 14.4 Å². The van der Waals surface area contributed by atoms with Gasteiger partial charge in [0.25, 0.3) is 5.91 Å². The molecule has 2 fully saturated rings.